The SMILES string of the molecule is CCOc1ccc(C(=O)NC(CC(F)F)C(=O)O)cc1OCC. The number of carbonyl (C=O) groups is 2. The van der Waals surface area contributed by atoms with Crippen LogP contribution in [0.25, 0.3) is 0 Å². The quantitative estimate of drug-likeness (QED) is 0.725. The van der Waals surface area contributed by atoms with Crippen LogP contribution < -0.4 is 14.8 Å². The molecule has 0 saturated carbocycles. The molecule has 0 aliphatic rings. The third kappa shape index (κ3) is 5.72. The molecule has 1 aromatic rings. The number of aliphatic carboxylic acids is 1. The normalized spacial score (nSPS) is 11.9. The average molecular weight is 331 g/mol. The highest BCUT2D eigenvalue weighted by molar-refractivity contribution is 5.97. The summed E-state index contributed by atoms with van der Waals surface area (Å²) in [4.78, 5) is 23.0. The van der Waals surface area contributed by atoms with Crippen molar-refractivity contribution in [1.82, 2.24) is 5.32 Å². The van der Waals surface area contributed by atoms with E-state index in [1.807, 2.05) is 0 Å². The summed E-state index contributed by atoms with van der Waals surface area (Å²) >= 11 is 0. The highest BCUT2D eigenvalue weighted by atomic mass is 19.3. The molecule has 0 radical (unpaired) electrons. The highest BCUT2D eigenvalue weighted by Crippen LogP contribution is 2.28. The van der Waals surface area contributed by atoms with Crippen molar-refractivity contribution in [2.45, 2.75) is 32.7 Å². The van der Waals surface area contributed by atoms with Crippen molar-refractivity contribution in [1.29, 1.82) is 0 Å². The van der Waals surface area contributed by atoms with E-state index < -0.39 is 30.8 Å². The monoisotopic (exact) mass is 331 g/mol. The Morgan fingerprint density at radius 2 is 1.78 bits per heavy atom. The maximum absolute atomic E-state index is 12.3. The second-order valence-electron chi connectivity index (χ2n) is 4.52. The third-order valence-corrected chi connectivity index (χ3v) is 2.82. The van der Waals surface area contributed by atoms with Crippen LogP contribution in [0, 0.1) is 0 Å². The van der Waals surface area contributed by atoms with Crippen molar-refractivity contribution in [2.75, 3.05) is 13.2 Å². The number of carbonyl (C=O) groups excluding carboxylic acids is 1. The van der Waals surface area contributed by atoms with Crippen molar-refractivity contribution in [3.8, 4) is 11.5 Å². The molecule has 0 saturated heterocycles. The lowest BCUT2D eigenvalue weighted by atomic mass is 10.1. The van der Waals surface area contributed by atoms with E-state index in [0.717, 1.165) is 0 Å². The maximum Gasteiger partial charge on any atom is 0.326 e. The summed E-state index contributed by atoms with van der Waals surface area (Å²) < 4.78 is 35.4. The molecular weight excluding hydrogens is 312 g/mol. The molecule has 1 amide bonds. The molecule has 1 unspecified atom stereocenters. The lowest BCUT2D eigenvalue weighted by molar-refractivity contribution is -0.140. The van der Waals surface area contributed by atoms with Crippen LogP contribution in [-0.2, 0) is 4.79 Å². The Balaban J connectivity index is 2.93. The first kappa shape index (κ1) is 18.7. The molecular formula is C15H19F2NO5. The number of amides is 1. The Bertz CT molecular complexity index is 551. The number of halogens is 2. The molecule has 0 aromatic heterocycles. The Kier molecular flexibility index (Phi) is 7.24. The maximum atomic E-state index is 12.3. The van der Waals surface area contributed by atoms with Crippen molar-refractivity contribution < 1.29 is 33.0 Å². The van der Waals surface area contributed by atoms with Gasteiger partial charge < -0.3 is 19.9 Å². The van der Waals surface area contributed by atoms with E-state index in [0.29, 0.717) is 24.7 Å². The van der Waals surface area contributed by atoms with E-state index in [-0.39, 0.29) is 5.56 Å². The Morgan fingerprint density at radius 1 is 1.17 bits per heavy atom. The summed E-state index contributed by atoms with van der Waals surface area (Å²) in [6.07, 6.45) is -3.80. The molecule has 0 aliphatic carbocycles. The zero-order valence-corrected chi connectivity index (χ0v) is 12.8. The van der Waals surface area contributed by atoms with Crippen LogP contribution in [0.1, 0.15) is 30.6 Å². The number of carboxylic acid groups (broad SMARTS) is 1. The number of alkyl halides is 2. The first-order valence-electron chi connectivity index (χ1n) is 7.10. The molecule has 0 heterocycles. The summed E-state index contributed by atoms with van der Waals surface area (Å²) in [7, 11) is 0. The fourth-order valence-electron chi connectivity index (χ4n) is 1.83. The molecule has 1 atom stereocenters. The van der Waals surface area contributed by atoms with Gasteiger partial charge in [-0.3, -0.25) is 4.79 Å². The number of hydrogen-bond acceptors (Lipinski definition) is 4. The molecule has 23 heavy (non-hydrogen) atoms. The average Bonchev–Trinajstić information content (AvgIpc) is 2.48. The van der Waals surface area contributed by atoms with Crippen LogP contribution >= 0.6 is 0 Å². The first-order chi connectivity index (χ1) is 10.9. The number of rotatable bonds is 9. The minimum atomic E-state index is -2.84. The summed E-state index contributed by atoms with van der Waals surface area (Å²) in [5.41, 5.74) is 0.0948. The third-order valence-electron chi connectivity index (χ3n) is 2.82. The van der Waals surface area contributed by atoms with Crippen molar-refractivity contribution in [3.05, 3.63) is 23.8 Å². The first-order valence-corrected chi connectivity index (χ1v) is 7.10. The van der Waals surface area contributed by atoms with Crippen LogP contribution in [0.3, 0.4) is 0 Å². The van der Waals surface area contributed by atoms with Gasteiger partial charge >= 0.3 is 5.97 Å². The van der Waals surface area contributed by atoms with Gasteiger partial charge in [0.05, 0.1) is 13.2 Å². The fourth-order valence-corrected chi connectivity index (χ4v) is 1.83. The zero-order valence-electron chi connectivity index (χ0n) is 12.8. The topological polar surface area (TPSA) is 84.9 Å². The smallest absolute Gasteiger partial charge is 0.326 e. The van der Waals surface area contributed by atoms with Gasteiger partial charge in [-0.05, 0) is 32.0 Å². The lowest BCUT2D eigenvalue weighted by Crippen LogP contribution is -2.42. The predicted molar refractivity (Wildman–Crippen MR) is 78.3 cm³/mol. The molecule has 2 N–H and O–H groups in total. The van der Waals surface area contributed by atoms with Crippen molar-refractivity contribution >= 4 is 11.9 Å². The van der Waals surface area contributed by atoms with E-state index in [9.17, 15) is 18.4 Å². The molecule has 0 spiro atoms. The fraction of sp³-hybridized carbons (Fsp3) is 0.467. The van der Waals surface area contributed by atoms with Crippen LogP contribution in [0.15, 0.2) is 18.2 Å². The van der Waals surface area contributed by atoms with Crippen molar-refractivity contribution in [3.63, 3.8) is 0 Å². The predicted octanol–water partition coefficient (Wildman–Crippen LogP) is 2.32. The number of carboxylic acids is 1. The molecule has 128 valence electrons. The second kappa shape index (κ2) is 8.92. The largest absolute Gasteiger partial charge is 0.490 e. The van der Waals surface area contributed by atoms with E-state index in [4.69, 9.17) is 14.6 Å². The van der Waals surface area contributed by atoms with Gasteiger partial charge in [-0.15, -0.1) is 0 Å². The van der Waals surface area contributed by atoms with Gasteiger partial charge in [0.15, 0.2) is 11.5 Å². The van der Waals surface area contributed by atoms with E-state index in [2.05, 4.69) is 5.32 Å². The van der Waals surface area contributed by atoms with Gasteiger partial charge in [0.1, 0.15) is 6.04 Å². The Morgan fingerprint density at radius 3 is 2.30 bits per heavy atom. The minimum Gasteiger partial charge on any atom is -0.490 e. The highest BCUT2D eigenvalue weighted by Gasteiger charge is 2.25. The van der Waals surface area contributed by atoms with Crippen molar-refractivity contribution in [2.24, 2.45) is 0 Å². The molecule has 0 aliphatic heterocycles. The molecule has 8 heteroatoms. The molecule has 6 nitrogen and oxygen atoms in total. The van der Waals surface area contributed by atoms with Gasteiger partial charge in [0.25, 0.3) is 5.91 Å². The molecule has 0 bridgehead atoms. The Labute approximate surface area is 132 Å². The number of benzene rings is 1. The van der Waals surface area contributed by atoms with Gasteiger partial charge in [-0.2, -0.15) is 0 Å². The standard InChI is InChI=1S/C15H19F2NO5/c1-3-22-11-6-5-9(7-12(11)23-4-2)14(19)18-10(15(20)21)8-13(16)17/h5-7,10,13H,3-4,8H2,1-2H3,(H,18,19)(H,20,21). The van der Waals surface area contributed by atoms with Crippen LogP contribution in [0.2, 0.25) is 0 Å². The van der Waals surface area contributed by atoms with Crippen LogP contribution in [0.5, 0.6) is 11.5 Å². The van der Waals surface area contributed by atoms with Gasteiger partial charge in [0, 0.05) is 12.0 Å². The lowest BCUT2D eigenvalue weighted by Gasteiger charge is -2.15. The summed E-state index contributed by atoms with van der Waals surface area (Å²) in [5, 5.41) is 10.9. The Hall–Kier alpha value is -2.38. The summed E-state index contributed by atoms with van der Waals surface area (Å²) in [6, 6.07) is 2.63. The van der Waals surface area contributed by atoms with Crippen LogP contribution in [-0.4, -0.2) is 42.7 Å². The number of hydrogen-bond donors (Lipinski definition) is 2. The minimum absolute atomic E-state index is 0.0948. The van der Waals surface area contributed by atoms with Gasteiger partial charge in [0.2, 0.25) is 6.43 Å². The summed E-state index contributed by atoms with van der Waals surface area (Å²) in [5.74, 6) is -1.53. The van der Waals surface area contributed by atoms with Crippen LogP contribution in [0.4, 0.5) is 8.78 Å². The molecule has 1 aromatic carbocycles. The number of nitrogens with one attached hydrogen (secondary N) is 1. The molecule has 1 rings (SSSR count). The van der Waals surface area contributed by atoms with Gasteiger partial charge in [-0.25, -0.2) is 13.6 Å². The molecule has 0 fully saturated rings. The summed E-state index contributed by atoms with van der Waals surface area (Å²) in [6.45, 7) is 4.29. The number of ether oxygens (including phenoxy) is 2. The zero-order chi connectivity index (χ0) is 17.4. The van der Waals surface area contributed by atoms with E-state index in [1.54, 1.807) is 13.8 Å². The second-order valence-corrected chi connectivity index (χ2v) is 4.52. The van der Waals surface area contributed by atoms with E-state index in [1.165, 1.54) is 18.2 Å². The van der Waals surface area contributed by atoms with Gasteiger partial charge in [-0.1, -0.05) is 0 Å². The van der Waals surface area contributed by atoms with E-state index >= 15 is 0 Å².